The minimum Gasteiger partial charge on any atom is -0.461 e. The van der Waals surface area contributed by atoms with Crippen molar-refractivity contribution in [3.63, 3.8) is 0 Å². The van der Waals surface area contributed by atoms with Gasteiger partial charge in [0.2, 0.25) is 0 Å². The first-order valence-corrected chi connectivity index (χ1v) is 9.08. The SMILES string of the molecule is CCOC(=O)c1cc(C)cc(N2CCC(NC(=O)OC(C)(C)C)CC2)n1. The molecule has 7 heteroatoms. The minimum atomic E-state index is -0.500. The van der Waals surface area contributed by atoms with Crippen molar-refractivity contribution in [1.29, 1.82) is 0 Å². The van der Waals surface area contributed by atoms with Gasteiger partial charge in [-0.15, -0.1) is 0 Å². The lowest BCUT2D eigenvalue weighted by Gasteiger charge is -2.33. The van der Waals surface area contributed by atoms with Crippen LogP contribution in [0.3, 0.4) is 0 Å². The summed E-state index contributed by atoms with van der Waals surface area (Å²) in [5.74, 6) is 0.364. The van der Waals surface area contributed by atoms with Crippen molar-refractivity contribution < 1.29 is 19.1 Å². The Morgan fingerprint density at radius 1 is 1.27 bits per heavy atom. The Balaban J connectivity index is 1.95. The first-order valence-electron chi connectivity index (χ1n) is 9.08. The Labute approximate surface area is 155 Å². The molecule has 2 rings (SSSR count). The number of rotatable bonds is 4. The van der Waals surface area contributed by atoms with Gasteiger partial charge in [-0.3, -0.25) is 0 Å². The zero-order valence-corrected chi connectivity index (χ0v) is 16.3. The van der Waals surface area contributed by atoms with Crippen molar-refractivity contribution in [2.45, 2.75) is 59.1 Å². The zero-order chi connectivity index (χ0) is 19.3. The number of aromatic nitrogens is 1. The molecule has 1 aliphatic rings. The Hall–Kier alpha value is -2.31. The third kappa shape index (κ3) is 5.89. The summed E-state index contributed by atoms with van der Waals surface area (Å²) in [6, 6.07) is 3.78. The van der Waals surface area contributed by atoms with E-state index in [-0.39, 0.29) is 12.1 Å². The van der Waals surface area contributed by atoms with Gasteiger partial charge >= 0.3 is 12.1 Å². The molecule has 1 aliphatic heterocycles. The number of hydrogen-bond donors (Lipinski definition) is 1. The lowest BCUT2D eigenvalue weighted by molar-refractivity contribution is 0.0492. The van der Waals surface area contributed by atoms with Crippen molar-refractivity contribution in [2.75, 3.05) is 24.6 Å². The van der Waals surface area contributed by atoms with Crippen LogP contribution in [0.15, 0.2) is 12.1 Å². The normalized spacial score (nSPS) is 15.5. The van der Waals surface area contributed by atoms with Gasteiger partial charge in [-0.1, -0.05) is 0 Å². The number of aryl methyl sites for hydroxylation is 1. The van der Waals surface area contributed by atoms with Crippen molar-refractivity contribution in [3.05, 3.63) is 23.4 Å². The monoisotopic (exact) mass is 363 g/mol. The summed E-state index contributed by atoms with van der Waals surface area (Å²) in [7, 11) is 0. The standard InChI is InChI=1S/C19H29N3O4/c1-6-25-17(23)15-11-13(2)12-16(21-15)22-9-7-14(8-10-22)20-18(24)26-19(3,4)5/h11-12,14H,6-10H2,1-5H3,(H,20,24). The molecule has 0 atom stereocenters. The van der Waals surface area contributed by atoms with Gasteiger partial charge in [0.1, 0.15) is 11.4 Å². The molecule has 26 heavy (non-hydrogen) atoms. The molecule has 0 spiro atoms. The van der Waals surface area contributed by atoms with Crippen LogP contribution in [0.5, 0.6) is 0 Å². The smallest absolute Gasteiger partial charge is 0.407 e. The fourth-order valence-electron chi connectivity index (χ4n) is 2.85. The quantitative estimate of drug-likeness (QED) is 0.828. The Morgan fingerprint density at radius 3 is 2.50 bits per heavy atom. The third-order valence-electron chi connectivity index (χ3n) is 3.98. The summed E-state index contributed by atoms with van der Waals surface area (Å²) < 4.78 is 10.3. The first kappa shape index (κ1) is 20.0. The number of amides is 1. The van der Waals surface area contributed by atoms with E-state index in [1.54, 1.807) is 13.0 Å². The van der Waals surface area contributed by atoms with Crippen LogP contribution in [0.1, 0.15) is 56.6 Å². The fraction of sp³-hybridized carbons (Fsp3) is 0.632. The van der Waals surface area contributed by atoms with E-state index in [0.29, 0.717) is 12.3 Å². The average Bonchev–Trinajstić information content (AvgIpc) is 2.53. The van der Waals surface area contributed by atoms with Crippen LogP contribution < -0.4 is 10.2 Å². The topological polar surface area (TPSA) is 80.8 Å². The molecule has 0 aliphatic carbocycles. The van der Waals surface area contributed by atoms with E-state index in [2.05, 4.69) is 15.2 Å². The van der Waals surface area contributed by atoms with Gasteiger partial charge in [-0.25, -0.2) is 14.6 Å². The van der Waals surface area contributed by atoms with Crippen LogP contribution in [-0.2, 0) is 9.47 Å². The lowest BCUT2D eigenvalue weighted by atomic mass is 10.0. The predicted molar refractivity (Wildman–Crippen MR) is 99.5 cm³/mol. The second-order valence-corrected chi connectivity index (χ2v) is 7.52. The Bertz CT molecular complexity index is 647. The molecule has 1 N–H and O–H groups in total. The summed E-state index contributed by atoms with van der Waals surface area (Å²) in [5, 5.41) is 2.92. The molecule has 144 valence electrons. The number of nitrogens with zero attached hydrogens (tertiary/aromatic N) is 2. The second-order valence-electron chi connectivity index (χ2n) is 7.52. The largest absolute Gasteiger partial charge is 0.461 e. The summed E-state index contributed by atoms with van der Waals surface area (Å²) >= 11 is 0. The number of alkyl carbamates (subject to hydrolysis) is 1. The van der Waals surface area contributed by atoms with E-state index in [1.807, 2.05) is 33.8 Å². The van der Waals surface area contributed by atoms with Crippen LogP contribution in [0.2, 0.25) is 0 Å². The molecule has 0 aromatic carbocycles. The van der Waals surface area contributed by atoms with E-state index in [9.17, 15) is 9.59 Å². The molecule has 0 unspecified atom stereocenters. The van der Waals surface area contributed by atoms with Crippen molar-refractivity contribution in [1.82, 2.24) is 10.3 Å². The number of anilines is 1. The highest BCUT2D eigenvalue weighted by Gasteiger charge is 2.24. The number of esters is 1. The number of nitrogens with one attached hydrogen (secondary N) is 1. The number of carbonyl (C=O) groups excluding carboxylic acids is 2. The van der Waals surface area contributed by atoms with Gasteiger partial charge in [0.05, 0.1) is 6.61 Å². The van der Waals surface area contributed by atoms with Crippen molar-refractivity contribution in [3.8, 4) is 0 Å². The van der Waals surface area contributed by atoms with Gasteiger partial charge in [0, 0.05) is 19.1 Å². The van der Waals surface area contributed by atoms with Gasteiger partial charge in [0.15, 0.2) is 5.69 Å². The fourth-order valence-corrected chi connectivity index (χ4v) is 2.85. The molecule has 1 saturated heterocycles. The minimum absolute atomic E-state index is 0.0791. The van der Waals surface area contributed by atoms with Gasteiger partial charge in [0.25, 0.3) is 0 Å². The summed E-state index contributed by atoms with van der Waals surface area (Å²) in [4.78, 5) is 30.4. The predicted octanol–water partition coefficient (Wildman–Crippen LogP) is 3.06. The van der Waals surface area contributed by atoms with Crippen LogP contribution in [0, 0.1) is 6.92 Å². The van der Waals surface area contributed by atoms with Crippen molar-refractivity contribution >= 4 is 17.9 Å². The summed E-state index contributed by atoms with van der Waals surface area (Å²) in [6.45, 7) is 11.1. The molecule has 1 amide bonds. The average molecular weight is 363 g/mol. The van der Waals surface area contributed by atoms with E-state index < -0.39 is 11.6 Å². The number of pyridine rings is 1. The Kier molecular flexibility index (Phi) is 6.45. The summed E-state index contributed by atoms with van der Waals surface area (Å²) in [5.41, 5.74) is 0.794. The number of ether oxygens (including phenoxy) is 2. The highest BCUT2D eigenvalue weighted by molar-refractivity contribution is 5.88. The van der Waals surface area contributed by atoms with Crippen LogP contribution >= 0.6 is 0 Å². The van der Waals surface area contributed by atoms with Crippen LogP contribution in [-0.4, -0.2) is 48.4 Å². The van der Waals surface area contributed by atoms with Crippen molar-refractivity contribution in [2.24, 2.45) is 0 Å². The third-order valence-corrected chi connectivity index (χ3v) is 3.98. The van der Waals surface area contributed by atoms with Gasteiger partial charge in [-0.2, -0.15) is 0 Å². The van der Waals surface area contributed by atoms with Crippen LogP contribution in [0.25, 0.3) is 0 Å². The molecular weight excluding hydrogens is 334 g/mol. The highest BCUT2D eigenvalue weighted by Crippen LogP contribution is 2.21. The lowest BCUT2D eigenvalue weighted by Crippen LogP contribution is -2.46. The number of hydrogen-bond acceptors (Lipinski definition) is 6. The molecule has 7 nitrogen and oxygen atoms in total. The molecule has 0 bridgehead atoms. The molecular formula is C19H29N3O4. The molecule has 1 aromatic heterocycles. The molecule has 0 radical (unpaired) electrons. The Morgan fingerprint density at radius 2 is 1.92 bits per heavy atom. The maximum absolute atomic E-state index is 12.0. The first-order chi connectivity index (χ1) is 12.2. The van der Waals surface area contributed by atoms with E-state index >= 15 is 0 Å². The van der Waals surface area contributed by atoms with E-state index in [0.717, 1.165) is 37.3 Å². The maximum Gasteiger partial charge on any atom is 0.407 e. The summed E-state index contributed by atoms with van der Waals surface area (Å²) in [6.07, 6.45) is 1.21. The molecule has 1 fully saturated rings. The zero-order valence-electron chi connectivity index (χ0n) is 16.3. The van der Waals surface area contributed by atoms with Crippen LogP contribution in [0.4, 0.5) is 10.6 Å². The molecule has 2 heterocycles. The number of carbonyl (C=O) groups is 2. The van der Waals surface area contributed by atoms with Gasteiger partial charge in [-0.05, 0) is 65.2 Å². The second kappa shape index (κ2) is 8.38. The van der Waals surface area contributed by atoms with E-state index in [1.165, 1.54) is 0 Å². The number of piperidine rings is 1. The maximum atomic E-state index is 12.0. The molecule has 0 saturated carbocycles. The van der Waals surface area contributed by atoms with Gasteiger partial charge < -0.3 is 19.7 Å². The highest BCUT2D eigenvalue weighted by atomic mass is 16.6. The van der Waals surface area contributed by atoms with E-state index in [4.69, 9.17) is 9.47 Å². The molecule has 1 aromatic rings.